The van der Waals surface area contributed by atoms with Crippen molar-refractivity contribution in [1.82, 2.24) is 9.88 Å². The smallest absolute Gasteiger partial charge is 0.311 e. The highest BCUT2D eigenvalue weighted by molar-refractivity contribution is 5.93. The first-order valence-electron chi connectivity index (χ1n) is 7.64. The summed E-state index contributed by atoms with van der Waals surface area (Å²) in [7, 11) is 3.14. The summed E-state index contributed by atoms with van der Waals surface area (Å²) in [5.41, 5.74) is 1.16. The van der Waals surface area contributed by atoms with Crippen molar-refractivity contribution in [1.29, 1.82) is 0 Å². The summed E-state index contributed by atoms with van der Waals surface area (Å²) >= 11 is 0. The predicted octanol–water partition coefficient (Wildman–Crippen LogP) is 2.50. The fraction of sp³-hybridized carbons (Fsp3) is 0.235. The summed E-state index contributed by atoms with van der Waals surface area (Å²) in [5, 5.41) is 14.1. The third kappa shape index (κ3) is 4.76. The minimum Gasteiger partial charge on any atom is -0.461 e. The van der Waals surface area contributed by atoms with E-state index in [1.54, 1.807) is 38.4 Å². The summed E-state index contributed by atoms with van der Waals surface area (Å²) in [6, 6.07) is 9.32. The number of ether oxygens (including phenoxy) is 1. The van der Waals surface area contributed by atoms with Gasteiger partial charge in [0.2, 0.25) is 5.82 Å². The first kappa shape index (κ1) is 18.8. The van der Waals surface area contributed by atoms with Gasteiger partial charge in [-0.05, 0) is 23.8 Å². The zero-order valence-electron chi connectivity index (χ0n) is 14.6. The Kier molecular flexibility index (Phi) is 5.84. The molecule has 0 aliphatic carbocycles. The molecule has 2 aromatic rings. The minimum absolute atomic E-state index is 0.0320. The molecular weight excluding hydrogens is 340 g/mol. The summed E-state index contributed by atoms with van der Waals surface area (Å²) in [6.45, 7) is 1.46. The second kappa shape index (κ2) is 8.06. The quantitative estimate of drug-likeness (QED) is 0.479. The second-order valence-electron chi connectivity index (χ2n) is 5.62. The van der Waals surface area contributed by atoms with Crippen LogP contribution in [0, 0.1) is 10.1 Å². The average Bonchev–Trinajstić information content (AvgIpc) is 2.60. The van der Waals surface area contributed by atoms with Crippen LogP contribution in [0.5, 0.6) is 0 Å². The molecule has 0 spiro atoms. The van der Waals surface area contributed by atoms with E-state index < -0.39 is 4.92 Å². The number of aromatic nitrogens is 1. The molecule has 0 aliphatic rings. The topological polar surface area (TPSA) is 115 Å². The molecule has 0 radical (unpaired) electrons. The predicted molar refractivity (Wildman–Crippen MR) is 94.1 cm³/mol. The molecule has 0 saturated heterocycles. The van der Waals surface area contributed by atoms with Crippen LogP contribution in [-0.2, 0) is 16.1 Å². The Morgan fingerprint density at radius 3 is 2.38 bits per heavy atom. The number of rotatable bonds is 6. The maximum atomic E-state index is 12.0. The average molecular weight is 358 g/mol. The molecule has 0 aliphatic heterocycles. The lowest BCUT2D eigenvalue weighted by Gasteiger charge is -2.12. The molecule has 1 aromatic carbocycles. The maximum Gasteiger partial charge on any atom is 0.311 e. The largest absolute Gasteiger partial charge is 0.461 e. The molecular formula is C17H18N4O5. The molecule has 0 unspecified atom stereocenters. The Morgan fingerprint density at radius 1 is 1.19 bits per heavy atom. The normalized spacial score (nSPS) is 10.1. The van der Waals surface area contributed by atoms with Crippen molar-refractivity contribution in [2.75, 3.05) is 19.4 Å². The number of nitrogens with zero attached hydrogens (tertiary/aromatic N) is 3. The van der Waals surface area contributed by atoms with Crippen LogP contribution in [0.4, 0.5) is 17.2 Å². The van der Waals surface area contributed by atoms with Crippen LogP contribution in [0.2, 0.25) is 0 Å². The molecule has 0 bridgehead atoms. The van der Waals surface area contributed by atoms with Gasteiger partial charge in [-0.15, -0.1) is 0 Å². The number of hydrogen-bond acceptors (Lipinski definition) is 7. The number of pyridine rings is 1. The lowest BCUT2D eigenvalue weighted by Crippen LogP contribution is -2.23. The molecule has 9 heteroatoms. The Labute approximate surface area is 149 Å². The van der Waals surface area contributed by atoms with E-state index in [9.17, 15) is 19.7 Å². The zero-order valence-corrected chi connectivity index (χ0v) is 14.6. The van der Waals surface area contributed by atoms with Crippen LogP contribution in [-0.4, -0.2) is 40.8 Å². The Morgan fingerprint density at radius 2 is 1.85 bits per heavy atom. The van der Waals surface area contributed by atoms with E-state index >= 15 is 0 Å². The highest BCUT2D eigenvalue weighted by Gasteiger charge is 2.19. The standard InChI is InChI=1S/C17H18N4O5/c1-11(22)26-10-12-4-6-13(7-5-12)18-16-15(21(24)25)9-8-14(19-16)17(23)20(2)3/h4-9H,10H2,1-3H3,(H,18,19). The molecule has 2 rings (SSSR count). The van der Waals surface area contributed by atoms with Gasteiger partial charge in [0, 0.05) is 32.8 Å². The van der Waals surface area contributed by atoms with Crippen LogP contribution >= 0.6 is 0 Å². The third-order valence-electron chi connectivity index (χ3n) is 3.35. The van der Waals surface area contributed by atoms with Crippen LogP contribution in [0.25, 0.3) is 0 Å². The monoisotopic (exact) mass is 358 g/mol. The lowest BCUT2D eigenvalue weighted by atomic mass is 10.2. The molecule has 9 nitrogen and oxygen atoms in total. The van der Waals surface area contributed by atoms with Crippen molar-refractivity contribution in [3.8, 4) is 0 Å². The van der Waals surface area contributed by atoms with Gasteiger partial charge in [-0.2, -0.15) is 0 Å². The first-order valence-corrected chi connectivity index (χ1v) is 7.64. The number of carbonyl (C=O) groups excluding carboxylic acids is 2. The fourth-order valence-corrected chi connectivity index (χ4v) is 2.05. The van der Waals surface area contributed by atoms with Gasteiger partial charge in [-0.3, -0.25) is 19.7 Å². The van der Waals surface area contributed by atoms with E-state index in [1.165, 1.54) is 24.0 Å². The van der Waals surface area contributed by atoms with Crippen molar-refractivity contribution in [2.24, 2.45) is 0 Å². The van der Waals surface area contributed by atoms with Crippen molar-refractivity contribution in [3.63, 3.8) is 0 Å². The van der Waals surface area contributed by atoms with Gasteiger partial charge in [-0.1, -0.05) is 12.1 Å². The minimum atomic E-state index is -0.575. The Hall–Kier alpha value is -3.49. The van der Waals surface area contributed by atoms with Crippen LogP contribution < -0.4 is 5.32 Å². The summed E-state index contributed by atoms with van der Waals surface area (Å²) in [6.07, 6.45) is 0. The second-order valence-corrected chi connectivity index (χ2v) is 5.62. The first-order chi connectivity index (χ1) is 12.3. The number of carbonyl (C=O) groups is 2. The number of nitrogens with one attached hydrogen (secondary N) is 1. The third-order valence-corrected chi connectivity index (χ3v) is 3.35. The highest BCUT2D eigenvalue weighted by Crippen LogP contribution is 2.26. The number of hydrogen-bond donors (Lipinski definition) is 1. The highest BCUT2D eigenvalue weighted by atomic mass is 16.6. The van der Waals surface area contributed by atoms with Gasteiger partial charge in [-0.25, -0.2) is 4.98 Å². The number of benzene rings is 1. The number of anilines is 2. The van der Waals surface area contributed by atoms with Crippen LogP contribution in [0.1, 0.15) is 23.0 Å². The molecule has 26 heavy (non-hydrogen) atoms. The van der Waals surface area contributed by atoms with E-state index in [4.69, 9.17) is 4.74 Å². The van der Waals surface area contributed by atoms with E-state index in [-0.39, 0.29) is 35.7 Å². The van der Waals surface area contributed by atoms with Crippen molar-refractivity contribution in [2.45, 2.75) is 13.5 Å². The molecule has 0 atom stereocenters. The number of esters is 1. The summed E-state index contributed by atoms with van der Waals surface area (Å²) in [4.78, 5) is 38.9. The maximum absolute atomic E-state index is 12.0. The van der Waals surface area contributed by atoms with Crippen molar-refractivity contribution >= 4 is 29.1 Å². The molecule has 0 fully saturated rings. The van der Waals surface area contributed by atoms with Gasteiger partial charge in [0.25, 0.3) is 5.91 Å². The van der Waals surface area contributed by atoms with E-state index in [2.05, 4.69) is 10.3 Å². The number of nitro groups is 1. The van der Waals surface area contributed by atoms with Crippen LogP contribution in [0.3, 0.4) is 0 Å². The molecule has 136 valence electrons. The summed E-state index contributed by atoms with van der Waals surface area (Å²) in [5.74, 6) is -0.774. The van der Waals surface area contributed by atoms with Crippen molar-refractivity contribution < 1.29 is 19.2 Å². The lowest BCUT2D eigenvalue weighted by molar-refractivity contribution is -0.384. The molecule has 1 amide bonds. The molecule has 1 N–H and O–H groups in total. The van der Waals surface area contributed by atoms with Gasteiger partial charge in [0.1, 0.15) is 12.3 Å². The Bertz CT molecular complexity index is 834. The van der Waals surface area contributed by atoms with E-state index in [0.29, 0.717) is 5.69 Å². The zero-order chi connectivity index (χ0) is 19.3. The molecule has 0 saturated carbocycles. The van der Waals surface area contributed by atoms with Gasteiger partial charge >= 0.3 is 11.7 Å². The van der Waals surface area contributed by atoms with Crippen molar-refractivity contribution in [3.05, 3.63) is 57.8 Å². The van der Waals surface area contributed by atoms with E-state index in [0.717, 1.165) is 5.56 Å². The fourth-order valence-electron chi connectivity index (χ4n) is 2.05. The Balaban J connectivity index is 2.26. The SMILES string of the molecule is CC(=O)OCc1ccc(Nc2nc(C(=O)N(C)C)ccc2[N+](=O)[O-])cc1. The molecule has 1 heterocycles. The molecule has 1 aromatic heterocycles. The van der Waals surface area contributed by atoms with Gasteiger partial charge in [0.15, 0.2) is 0 Å². The van der Waals surface area contributed by atoms with Gasteiger partial charge < -0.3 is 15.0 Å². The number of amides is 1. The van der Waals surface area contributed by atoms with Crippen LogP contribution in [0.15, 0.2) is 36.4 Å². The van der Waals surface area contributed by atoms with E-state index in [1.807, 2.05) is 0 Å². The summed E-state index contributed by atoms with van der Waals surface area (Å²) < 4.78 is 4.90. The van der Waals surface area contributed by atoms with Gasteiger partial charge in [0.05, 0.1) is 4.92 Å².